The first-order chi connectivity index (χ1) is 9.78. The zero-order chi connectivity index (χ0) is 13.9. The number of aromatic nitrogens is 1. The molecule has 20 heavy (non-hydrogen) atoms. The minimum atomic E-state index is -0.0223. The highest BCUT2D eigenvalue weighted by Gasteiger charge is 2.22. The molecular formula is C16H20N2O2. The molecule has 4 heteroatoms. The number of nitrogens with zero attached hydrogens (tertiary/aromatic N) is 1. The maximum absolute atomic E-state index is 12.2. The van der Waals surface area contributed by atoms with Crippen LogP contribution in [0.2, 0.25) is 0 Å². The minimum absolute atomic E-state index is 0.0223. The summed E-state index contributed by atoms with van der Waals surface area (Å²) in [4.78, 5) is 17.3. The smallest absolute Gasteiger partial charge is 0.252 e. The summed E-state index contributed by atoms with van der Waals surface area (Å²) in [6.07, 6.45) is 3.32. The van der Waals surface area contributed by atoms with Crippen LogP contribution in [0.15, 0.2) is 35.1 Å². The lowest BCUT2D eigenvalue weighted by atomic mass is 10.0. The second-order valence-corrected chi connectivity index (χ2v) is 5.51. The summed E-state index contributed by atoms with van der Waals surface area (Å²) in [5.41, 5.74) is 1.63. The Hall–Kier alpha value is -1.65. The number of fused-ring (bicyclic) bond motifs is 1. The fourth-order valence-electron chi connectivity index (χ4n) is 3.00. The highest BCUT2D eigenvalue weighted by atomic mass is 16.3. The summed E-state index contributed by atoms with van der Waals surface area (Å²) in [5, 5.41) is 10.5. The van der Waals surface area contributed by atoms with Gasteiger partial charge in [0.15, 0.2) is 0 Å². The maximum Gasteiger partial charge on any atom is 0.252 e. The van der Waals surface area contributed by atoms with Crippen molar-refractivity contribution in [2.75, 3.05) is 13.2 Å². The third-order valence-corrected chi connectivity index (χ3v) is 4.16. The van der Waals surface area contributed by atoms with Gasteiger partial charge in [-0.25, -0.2) is 0 Å². The molecule has 2 heterocycles. The molecular weight excluding hydrogens is 252 g/mol. The summed E-state index contributed by atoms with van der Waals surface area (Å²) in [6, 6.07) is 9.98. The molecule has 0 amide bonds. The van der Waals surface area contributed by atoms with Crippen LogP contribution in [0.25, 0.3) is 10.9 Å². The second-order valence-electron chi connectivity index (χ2n) is 5.51. The summed E-state index contributed by atoms with van der Waals surface area (Å²) < 4.78 is 0. The molecule has 0 saturated carbocycles. The van der Waals surface area contributed by atoms with E-state index < -0.39 is 0 Å². The van der Waals surface area contributed by atoms with Gasteiger partial charge in [0.2, 0.25) is 0 Å². The second kappa shape index (κ2) is 5.77. The van der Waals surface area contributed by atoms with Crippen molar-refractivity contribution >= 4 is 10.9 Å². The highest BCUT2D eigenvalue weighted by molar-refractivity contribution is 5.78. The molecule has 0 aliphatic carbocycles. The van der Waals surface area contributed by atoms with Crippen LogP contribution >= 0.6 is 0 Å². The SMILES string of the molecule is O=c1[nH]c2ccccc2cc1CN1CCCC[C@@H]1CO. The van der Waals surface area contributed by atoms with E-state index >= 15 is 0 Å². The Balaban J connectivity index is 1.89. The number of piperidine rings is 1. The Morgan fingerprint density at radius 3 is 3.00 bits per heavy atom. The van der Waals surface area contributed by atoms with E-state index in [1.165, 1.54) is 0 Å². The number of likely N-dealkylation sites (tertiary alicyclic amines) is 1. The minimum Gasteiger partial charge on any atom is -0.395 e. The Kier molecular flexibility index (Phi) is 3.85. The van der Waals surface area contributed by atoms with Gasteiger partial charge in [0, 0.05) is 23.7 Å². The molecule has 106 valence electrons. The molecule has 1 aliphatic rings. The first kappa shape index (κ1) is 13.3. The molecule has 0 unspecified atom stereocenters. The van der Waals surface area contributed by atoms with E-state index in [2.05, 4.69) is 9.88 Å². The van der Waals surface area contributed by atoms with Gasteiger partial charge < -0.3 is 10.1 Å². The molecule has 2 aromatic rings. The molecule has 0 bridgehead atoms. The summed E-state index contributed by atoms with van der Waals surface area (Å²) in [5.74, 6) is 0. The van der Waals surface area contributed by atoms with Gasteiger partial charge in [-0.2, -0.15) is 0 Å². The van der Waals surface area contributed by atoms with Crippen LogP contribution < -0.4 is 5.56 Å². The van der Waals surface area contributed by atoms with Gasteiger partial charge in [0.1, 0.15) is 0 Å². The lowest BCUT2D eigenvalue weighted by Gasteiger charge is -2.34. The van der Waals surface area contributed by atoms with Gasteiger partial charge in [0.05, 0.1) is 6.61 Å². The predicted molar refractivity (Wildman–Crippen MR) is 79.7 cm³/mol. The third kappa shape index (κ3) is 2.62. The van der Waals surface area contributed by atoms with E-state index in [9.17, 15) is 9.90 Å². The Labute approximate surface area is 118 Å². The lowest BCUT2D eigenvalue weighted by Crippen LogP contribution is -2.42. The van der Waals surface area contributed by atoms with Crippen molar-refractivity contribution in [2.45, 2.75) is 31.8 Å². The van der Waals surface area contributed by atoms with Gasteiger partial charge in [0.25, 0.3) is 5.56 Å². The van der Waals surface area contributed by atoms with Gasteiger partial charge in [-0.3, -0.25) is 9.69 Å². The van der Waals surface area contributed by atoms with Gasteiger partial charge in [-0.15, -0.1) is 0 Å². The van der Waals surface area contributed by atoms with Crippen LogP contribution in [0.3, 0.4) is 0 Å². The number of hydrogen-bond acceptors (Lipinski definition) is 3. The van der Waals surface area contributed by atoms with Crippen LogP contribution in [0, 0.1) is 0 Å². The highest BCUT2D eigenvalue weighted by Crippen LogP contribution is 2.19. The standard InChI is InChI=1S/C16H20N2O2/c19-11-14-6-3-4-8-18(14)10-13-9-12-5-1-2-7-15(12)17-16(13)20/h1-2,5,7,9,14,19H,3-4,6,8,10-11H2,(H,17,20)/t14-/m1/s1. The van der Waals surface area contributed by atoms with Crippen LogP contribution in [-0.4, -0.2) is 34.2 Å². The number of hydrogen-bond donors (Lipinski definition) is 2. The molecule has 1 aromatic heterocycles. The predicted octanol–water partition coefficient (Wildman–Crippen LogP) is 1.87. The number of nitrogens with one attached hydrogen (secondary N) is 1. The van der Waals surface area contributed by atoms with Gasteiger partial charge >= 0.3 is 0 Å². The molecule has 1 saturated heterocycles. The Morgan fingerprint density at radius 2 is 2.15 bits per heavy atom. The van der Waals surface area contributed by atoms with E-state index in [4.69, 9.17) is 0 Å². The topological polar surface area (TPSA) is 56.3 Å². The van der Waals surface area contributed by atoms with Crippen molar-refractivity contribution in [1.82, 2.24) is 9.88 Å². The first-order valence-corrected chi connectivity index (χ1v) is 7.24. The molecule has 1 aromatic carbocycles. The number of aliphatic hydroxyl groups excluding tert-OH is 1. The van der Waals surface area contributed by atoms with Gasteiger partial charge in [-0.05, 0) is 36.9 Å². The maximum atomic E-state index is 12.2. The zero-order valence-electron chi connectivity index (χ0n) is 11.5. The van der Waals surface area contributed by atoms with E-state index in [-0.39, 0.29) is 18.2 Å². The van der Waals surface area contributed by atoms with Crippen molar-refractivity contribution in [3.05, 3.63) is 46.2 Å². The van der Waals surface area contributed by atoms with E-state index in [1.807, 2.05) is 30.3 Å². The molecule has 0 spiro atoms. The van der Waals surface area contributed by atoms with E-state index in [1.54, 1.807) is 0 Å². The first-order valence-electron chi connectivity index (χ1n) is 7.24. The molecule has 1 fully saturated rings. The van der Waals surface area contributed by atoms with Crippen LogP contribution in [0.5, 0.6) is 0 Å². The number of benzene rings is 1. The van der Waals surface area contributed by atoms with Crippen molar-refractivity contribution in [3.8, 4) is 0 Å². The number of aliphatic hydroxyl groups is 1. The Morgan fingerprint density at radius 1 is 1.30 bits per heavy atom. The van der Waals surface area contributed by atoms with Crippen molar-refractivity contribution in [3.63, 3.8) is 0 Å². The molecule has 0 radical (unpaired) electrons. The fourth-order valence-corrected chi connectivity index (χ4v) is 3.00. The zero-order valence-corrected chi connectivity index (χ0v) is 11.5. The normalized spacial score (nSPS) is 20.4. The van der Waals surface area contributed by atoms with Crippen molar-refractivity contribution in [1.29, 1.82) is 0 Å². The molecule has 4 nitrogen and oxygen atoms in total. The average Bonchev–Trinajstić information content (AvgIpc) is 2.48. The quantitative estimate of drug-likeness (QED) is 0.897. The molecule has 1 atom stereocenters. The van der Waals surface area contributed by atoms with E-state index in [0.29, 0.717) is 6.54 Å². The van der Waals surface area contributed by atoms with Crippen molar-refractivity contribution < 1.29 is 5.11 Å². The summed E-state index contributed by atoms with van der Waals surface area (Å²) in [7, 11) is 0. The summed E-state index contributed by atoms with van der Waals surface area (Å²) in [6.45, 7) is 1.74. The number of rotatable bonds is 3. The molecule has 3 rings (SSSR count). The van der Waals surface area contributed by atoms with Crippen molar-refractivity contribution in [2.24, 2.45) is 0 Å². The number of aromatic amines is 1. The Bertz CT molecular complexity index is 650. The van der Waals surface area contributed by atoms with Gasteiger partial charge in [-0.1, -0.05) is 24.6 Å². The lowest BCUT2D eigenvalue weighted by molar-refractivity contribution is 0.0838. The average molecular weight is 272 g/mol. The molecule has 1 aliphatic heterocycles. The van der Waals surface area contributed by atoms with Crippen LogP contribution in [0.4, 0.5) is 0 Å². The number of pyridine rings is 1. The largest absolute Gasteiger partial charge is 0.395 e. The summed E-state index contributed by atoms with van der Waals surface area (Å²) >= 11 is 0. The monoisotopic (exact) mass is 272 g/mol. The van der Waals surface area contributed by atoms with Crippen LogP contribution in [0.1, 0.15) is 24.8 Å². The number of para-hydroxylation sites is 1. The number of H-pyrrole nitrogens is 1. The van der Waals surface area contributed by atoms with E-state index in [0.717, 1.165) is 42.3 Å². The third-order valence-electron chi connectivity index (χ3n) is 4.16. The molecule has 2 N–H and O–H groups in total. The van der Waals surface area contributed by atoms with Crippen LogP contribution in [-0.2, 0) is 6.54 Å². The fraction of sp³-hybridized carbons (Fsp3) is 0.438.